The van der Waals surface area contributed by atoms with Crippen molar-refractivity contribution < 1.29 is 5.11 Å². The summed E-state index contributed by atoms with van der Waals surface area (Å²) in [5.74, 6) is 0.352. The molecule has 5 aromatic carbocycles. The maximum atomic E-state index is 10.3. The van der Waals surface area contributed by atoms with Crippen molar-refractivity contribution in [2.75, 3.05) is 0 Å². The second kappa shape index (κ2) is 4.97. The van der Waals surface area contributed by atoms with E-state index in [9.17, 15) is 5.11 Å². The van der Waals surface area contributed by atoms with E-state index >= 15 is 0 Å². The molecule has 5 rings (SSSR count). The predicted octanol–water partition coefficient (Wildman–Crippen LogP) is 5.88. The lowest BCUT2D eigenvalue weighted by atomic mass is 9.90. The average molecular weight is 308 g/mol. The van der Waals surface area contributed by atoms with Crippen LogP contribution in [-0.4, -0.2) is 5.11 Å². The zero-order chi connectivity index (χ0) is 16.1. The minimum Gasteiger partial charge on any atom is -0.507 e. The molecule has 0 amide bonds. The Morgan fingerprint density at radius 1 is 0.583 bits per heavy atom. The normalized spacial score (nSPS) is 11.7. The van der Waals surface area contributed by atoms with Crippen LogP contribution < -0.4 is 0 Å². The molecule has 1 N–H and O–H groups in total. The molecule has 0 fully saturated rings. The van der Waals surface area contributed by atoms with Crippen LogP contribution in [0.3, 0.4) is 0 Å². The van der Waals surface area contributed by atoms with E-state index in [1.54, 1.807) is 6.07 Å². The van der Waals surface area contributed by atoms with Crippen LogP contribution in [-0.2, 0) is 6.42 Å². The Balaban J connectivity index is 1.86. The van der Waals surface area contributed by atoms with E-state index in [-0.39, 0.29) is 0 Å². The molecule has 0 heterocycles. The molecule has 0 radical (unpaired) electrons. The highest BCUT2D eigenvalue weighted by atomic mass is 16.3. The summed E-state index contributed by atoms with van der Waals surface area (Å²) < 4.78 is 0. The number of rotatable bonds is 2. The van der Waals surface area contributed by atoms with Crippen LogP contribution in [0.4, 0.5) is 0 Å². The summed E-state index contributed by atoms with van der Waals surface area (Å²) in [6, 6.07) is 27.3. The summed E-state index contributed by atoms with van der Waals surface area (Å²) in [6.45, 7) is 0. The van der Waals surface area contributed by atoms with Crippen molar-refractivity contribution in [3.63, 3.8) is 0 Å². The molecule has 0 aliphatic heterocycles. The molecule has 0 spiro atoms. The minimum atomic E-state index is 0.352. The molecule has 1 nitrogen and oxygen atoms in total. The number of aromatic hydroxyl groups is 1. The Labute approximate surface area is 140 Å². The Morgan fingerprint density at radius 2 is 1.21 bits per heavy atom. The van der Waals surface area contributed by atoms with Crippen LogP contribution in [0.25, 0.3) is 32.3 Å². The van der Waals surface area contributed by atoms with Crippen molar-refractivity contribution >= 4 is 32.3 Å². The molecule has 0 saturated heterocycles. The monoisotopic (exact) mass is 308 g/mol. The van der Waals surface area contributed by atoms with Crippen molar-refractivity contribution in [1.82, 2.24) is 0 Å². The molecule has 0 aliphatic carbocycles. The first kappa shape index (κ1) is 13.4. The molecule has 1 heteroatoms. The van der Waals surface area contributed by atoms with Gasteiger partial charge in [-0.2, -0.15) is 0 Å². The van der Waals surface area contributed by atoms with Gasteiger partial charge in [0.2, 0.25) is 0 Å². The SMILES string of the molecule is Oc1ccc2ccc3ccc(Cc4ccccc4)c4ccc1c2c34. The highest BCUT2D eigenvalue weighted by Gasteiger charge is 2.12. The Hall–Kier alpha value is -3.06. The third-order valence-corrected chi connectivity index (χ3v) is 4.97. The maximum Gasteiger partial charge on any atom is 0.123 e. The molecular formula is C23H16O. The van der Waals surface area contributed by atoms with Gasteiger partial charge in [0.1, 0.15) is 5.75 Å². The van der Waals surface area contributed by atoms with Gasteiger partial charge < -0.3 is 5.11 Å². The standard InChI is InChI=1S/C23H16O/c24-21-13-10-17-7-6-16-8-9-18(14-15-4-2-1-3-5-15)19-11-12-20(21)23(17)22(16)19/h1-13,24H,14H2. The maximum absolute atomic E-state index is 10.3. The quantitative estimate of drug-likeness (QED) is 0.404. The van der Waals surface area contributed by atoms with Gasteiger partial charge in [0.15, 0.2) is 0 Å². The van der Waals surface area contributed by atoms with E-state index in [2.05, 4.69) is 60.7 Å². The fourth-order valence-corrected chi connectivity index (χ4v) is 3.82. The van der Waals surface area contributed by atoms with Gasteiger partial charge in [0.05, 0.1) is 0 Å². The fourth-order valence-electron chi connectivity index (χ4n) is 3.82. The van der Waals surface area contributed by atoms with Gasteiger partial charge in [-0.15, -0.1) is 0 Å². The van der Waals surface area contributed by atoms with Crippen molar-refractivity contribution in [3.8, 4) is 5.75 Å². The lowest BCUT2D eigenvalue weighted by molar-refractivity contribution is 0.482. The zero-order valence-electron chi connectivity index (χ0n) is 13.2. The summed E-state index contributed by atoms with van der Waals surface area (Å²) in [4.78, 5) is 0. The first-order chi connectivity index (χ1) is 11.8. The number of phenols is 1. The van der Waals surface area contributed by atoms with Gasteiger partial charge in [-0.25, -0.2) is 0 Å². The lowest BCUT2D eigenvalue weighted by Gasteiger charge is -2.14. The van der Waals surface area contributed by atoms with Crippen molar-refractivity contribution in [1.29, 1.82) is 0 Å². The molecule has 0 unspecified atom stereocenters. The van der Waals surface area contributed by atoms with Gasteiger partial charge >= 0.3 is 0 Å². The van der Waals surface area contributed by atoms with Gasteiger partial charge in [0, 0.05) is 10.8 Å². The number of phenolic OH excluding ortho intramolecular Hbond substituents is 1. The molecular weight excluding hydrogens is 292 g/mol. The van der Waals surface area contributed by atoms with Crippen LogP contribution in [0.2, 0.25) is 0 Å². The van der Waals surface area contributed by atoms with E-state index in [4.69, 9.17) is 0 Å². The number of benzene rings is 5. The largest absolute Gasteiger partial charge is 0.507 e. The second-order valence-corrected chi connectivity index (χ2v) is 6.39. The van der Waals surface area contributed by atoms with E-state index in [1.807, 2.05) is 12.1 Å². The van der Waals surface area contributed by atoms with E-state index in [0.717, 1.165) is 11.8 Å². The Bertz CT molecular complexity index is 1170. The zero-order valence-corrected chi connectivity index (χ0v) is 13.2. The van der Waals surface area contributed by atoms with E-state index in [1.165, 1.54) is 38.1 Å². The molecule has 24 heavy (non-hydrogen) atoms. The predicted molar refractivity (Wildman–Crippen MR) is 101 cm³/mol. The summed E-state index contributed by atoms with van der Waals surface area (Å²) in [5, 5.41) is 17.3. The van der Waals surface area contributed by atoms with Crippen LogP contribution in [0, 0.1) is 0 Å². The van der Waals surface area contributed by atoms with E-state index < -0.39 is 0 Å². The molecule has 0 aliphatic rings. The summed E-state index contributed by atoms with van der Waals surface area (Å²) >= 11 is 0. The molecule has 0 bridgehead atoms. The molecule has 0 aromatic heterocycles. The topological polar surface area (TPSA) is 20.2 Å². The minimum absolute atomic E-state index is 0.352. The Kier molecular flexibility index (Phi) is 2.77. The fraction of sp³-hybridized carbons (Fsp3) is 0.0435. The Morgan fingerprint density at radius 3 is 2.00 bits per heavy atom. The number of hydrogen-bond acceptors (Lipinski definition) is 1. The number of hydrogen-bond donors (Lipinski definition) is 1. The smallest absolute Gasteiger partial charge is 0.123 e. The first-order valence-electron chi connectivity index (χ1n) is 8.23. The first-order valence-corrected chi connectivity index (χ1v) is 8.23. The van der Waals surface area contributed by atoms with Gasteiger partial charge in [-0.05, 0) is 51.2 Å². The van der Waals surface area contributed by atoms with Crippen LogP contribution >= 0.6 is 0 Å². The van der Waals surface area contributed by atoms with Gasteiger partial charge in [-0.1, -0.05) is 66.7 Å². The highest BCUT2D eigenvalue weighted by Crippen LogP contribution is 2.39. The molecule has 5 aromatic rings. The molecule has 0 saturated carbocycles. The van der Waals surface area contributed by atoms with Crippen molar-refractivity contribution in [2.24, 2.45) is 0 Å². The highest BCUT2D eigenvalue weighted by molar-refractivity contribution is 6.24. The van der Waals surface area contributed by atoms with Crippen LogP contribution in [0.1, 0.15) is 11.1 Å². The summed E-state index contributed by atoms with van der Waals surface area (Å²) in [6.07, 6.45) is 0.918. The second-order valence-electron chi connectivity index (χ2n) is 6.39. The third-order valence-electron chi connectivity index (χ3n) is 4.97. The van der Waals surface area contributed by atoms with Gasteiger partial charge in [0.25, 0.3) is 0 Å². The summed E-state index contributed by atoms with van der Waals surface area (Å²) in [5.41, 5.74) is 2.64. The van der Waals surface area contributed by atoms with E-state index in [0.29, 0.717) is 5.75 Å². The molecule has 114 valence electrons. The molecule has 0 atom stereocenters. The van der Waals surface area contributed by atoms with Crippen molar-refractivity contribution in [3.05, 3.63) is 90.0 Å². The van der Waals surface area contributed by atoms with Crippen LogP contribution in [0.15, 0.2) is 78.9 Å². The van der Waals surface area contributed by atoms with Gasteiger partial charge in [-0.3, -0.25) is 0 Å². The van der Waals surface area contributed by atoms with Crippen molar-refractivity contribution in [2.45, 2.75) is 6.42 Å². The lowest BCUT2D eigenvalue weighted by Crippen LogP contribution is -1.92. The third kappa shape index (κ3) is 1.88. The average Bonchev–Trinajstić information content (AvgIpc) is 2.63. The van der Waals surface area contributed by atoms with Crippen LogP contribution in [0.5, 0.6) is 5.75 Å². The summed E-state index contributed by atoms with van der Waals surface area (Å²) in [7, 11) is 0.